The monoisotopic (exact) mass is 331 g/mol. The third-order valence-electron chi connectivity index (χ3n) is 5.28. The van der Waals surface area contributed by atoms with Gasteiger partial charge in [0.1, 0.15) is 5.75 Å². The van der Waals surface area contributed by atoms with Gasteiger partial charge in [-0.2, -0.15) is 0 Å². The van der Waals surface area contributed by atoms with Gasteiger partial charge in [-0.15, -0.1) is 0 Å². The van der Waals surface area contributed by atoms with Gasteiger partial charge in [-0.3, -0.25) is 0 Å². The standard InChI is InChI=1S/C23H25NO/c1-16(2)21-13-19-15-24-23(25-20-10-4-3-5-11-20)14-18(19)12-22(21)17-8-6-7-9-17/h3-5,10-17H,6-9H2,1-2H3. The lowest BCUT2D eigenvalue weighted by Gasteiger charge is -2.19. The lowest BCUT2D eigenvalue weighted by Crippen LogP contribution is -2.01. The van der Waals surface area contributed by atoms with E-state index in [1.165, 1.54) is 47.6 Å². The van der Waals surface area contributed by atoms with Crippen LogP contribution in [0.1, 0.15) is 62.5 Å². The third kappa shape index (κ3) is 3.39. The summed E-state index contributed by atoms with van der Waals surface area (Å²) < 4.78 is 5.92. The van der Waals surface area contributed by atoms with E-state index in [4.69, 9.17) is 4.74 Å². The number of ether oxygens (including phenoxy) is 1. The Balaban J connectivity index is 1.74. The van der Waals surface area contributed by atoms with Crippen LogP contribution in [0.3, 0.4) is 0 Å². The number of fused-ring (bicyclic) bond motifs is 1. The van der Waals surface area contributed by atoms with Crippen LogP contribution >= 0.6 is 0 Å². The SMILES string of the molecule is CC(C)c1cc2cnc(Oc3ccccc3)cc2cc1C1CCCC1. The zero-order valence-electron chi connectivity index (χ0n) is 15.0. The molecular weight excluding hydrogens is 306 g/mol. The van der Waals surface area contributed by atoms with E-state index in [0.29, 0.717) is 17.7 Å². The highest BCUT2D eigenvalue weighted by Gasteiger charge is 2.21. The summed E-state index contributed by atoms with van der Waals surface area (Å²) in [7, 11) is 0. The second-order valence-corrected chi connectivity index (χ2v) is 7.40. The molecule has 3 aromatic rings. The van der Waals surface area contributed by atoms with Crippen molar-refractivity contribution in [3.05, 3.63) is 65.9 Å². The lowest BCUT2D eigenvalue weighted by molar-refractivity contribution is 0.464. The van der Waals surface area contributed by atoms with Gasteiger partial charge in [0.05, 0.1) is 0 Å². The molecule has 0 N–H and O–H groups in total. The molecule has 0 atom stereocenters. The summed E-state index contributed by atoms with van der Waals surface area (Å²) in [4.78, 5) is 4.51. The average molecular weight is 331 g/mol. The largest absolute Gasteiger partial charge is 0.439 e. The topological polar surface area (TPSA) is 22.1 Å². The Hall–Kier alpha value is -2.35. The maximum absolute atomic E-state index is 5.92. The molecule has 1 heterocycles. The van der Waals surface area contributed by atoms with Crippen molar-refractivity contribution in [1.29, 1.82) is 0 Å². The maximum Gasteiger partial charge on any atom is 0.219 e. The van der Waals surface area contributed by atoms with Gasteiger partial charge < -0.3 is 4.74 Å². The highest BCUT2D eigenvalue weighted by atomic mass is 16.5. The van der Waals surface area contributed by atoms with Gasteiger partial charge in [0.25, 0.3) is 0 Å². The van der Waals surface area contributed by atoms with Gasteiger partial charge in [0, 0.05) is 17.6 Å². The second kappa shape index (κ2) is 6.87. The van der Waals surface area contributed by atoms with Crippen LogP contribution in [-0.4, -0.2) is 4.98 Å². The van der Waals surface area contributed by atoms with Crippen molar-refractivity contribution < 1.29 is 4.74 Å². The highest BCUT2D eigenvalue weighted by molar-refractivity contribution is 5.84. The van der Waals surface area contributed by atoms with Gasteiger partial charge in [-0.1, -0.05) is 51.0 Å². The van der Waals surface area contributed by atoms with Crippen molar-refractivity contribution in [2.45, 2.75) is 51.4 Å². The van der Waals surface area contributed by atoms with Gasteiger partial charge in [0.2, 0.25) is 5.88 Å². The molecule has 2 aromatic carbocycles. The predicted molar refractivity (Wildman–Crippen MR) is 104 cm³/mol. The zero-order chi connectivity index (χ0) is 17.2. The van der Waals surface area contributed by atoms with Crippen molar-refractivity contribution in [1.82, 2.24) is 4.98 Å². The molecule has 1 aromatic heterocycles. The van der Waals surface area contributed by atoms with E-state index in [1.807, 2.05) is 36.5 Å². The fraction of sp³-hybridized carbons (Fsp3) is 0.348. The molecule has 1 fully saturated rings. The summed E-state index contributed by atoms with van der Waals surface area (Å²) in [5.74, 6) is 2.74. The van der Waals surface area contributed by atoms with Gasteiger partial charge in [-0.25, -0.2) is 4.98 Å². The molecule has 1 aliphatic rings. The highest BCUT2D eigenvalue weighted by Crippen LogP contribution is 2.40. The van der Waals surface area contributed by atoms with Crippen LogP contribution in [0.15, 0.2) is 54.7 Å². The van der Waals surface area contributed by atoms with E-state index < -0.39 is 0 Å². The Labute approximate surface area is 149 Å². The summed E-state index contributed by atoms with van der Waals surface area (Å²) in [5, 5.41) is 2.43. The van der Waals surface area contributed by atoms with E-state index in [-0.39, 0.29) is 0 Å². The maximum atomic E-state index is 5.92. The Morgan fingerprint density at radius 1 is 0.960 bits per heavy atom. The van der Waals surface area contributed by atoms with E-state index in [0.717, 1.165) is 5.75 Å². The molecule has 1 aliphatic carbocycles. The first-order chi connectivity index (χ1) is 12.2. The van der Waals surface area contributed by atoms with Crippen molar-refractivity contribution in [2.75, 3.05) is 0 Å². The first kappa shape index (κ1) is 16.1. The van der Waals surface area contributed by atoms with E-state index in [2.05, 4.69) is 37.0 Å². The summed E-state index contributed by atoms with van der Waals surface area (Å²) >= 11 is 0. The van der Waals surface area contributed by atoms with Gasteiger partial charge >= 0.3 is 0 Å². The number of benzene rings is 2. The number of rotatable bonds is 4. The molecule has 128 valence electrons. The summed E-state index contributed by atoms with van der Waals surface area (Å²) in [6.07, 6.45) is 7.31. The van der Waals surface area contributed by atoms with E-state index in [1.54, 1.807) is 0 Å². The Morgan fingerprint density at radius 2 is 1.72 bits per heavy atom. The smallest absolute Gasteiger partial charge is 0.219 e. The van der Waals surface area contributed by atoms with Crippen LogP contribution in [-0.2, 0) is 0 Å². The molecule has 0 bridgehead atoms. The van der Waals surface area contributed by atoms with Crippen molar-refractivity contribution >= 4 is 10.8 Å². The minimum Gasteiger partial charge on any atom is -0.439 e. The molecule has 1 saturated carbocycles. The molecule has 2 nitrogen and oxygen atoms in total. The number of pyridine rings is 1. The van der Waals surface area contributed by atoms with Crippen LogP contribution < -0.4 is 4.74 Å². The molecule has 0 spiro atoms. The van der Waals surface area contributed by atoms with Crippen LogP contribution in [0.4, 0.5) is 0 Å². The molecule has 0 amide bonds. The normalized spacial score (nSPS) is 15.2. The van der Waals surface area contributed by atoms with Gasteiger partial charge in [-0.05, 0) is 59.4 Å². The third-order valence-corrected chi connectivity index (χ3v) is 5.28. The molecule has 0 aliphatic heterocycles. The minimum absolute atomic E-state index is 0.542. The van der Waals surface area contributed by atoms with Crippen LogP contribution in [0.2, 0.25) is 0 Å². The molecule has 4 rings (SSSR count). The molecule has 0 saturated heterocycles. The number of aromatic nitrogens is 1. The Morgan fingerprint density at radius 3 is 2.44 bits per heavy atom. The first-order valence-electron chi connectivity index (χ1n) is 9.37. The molecule has 25 heavy (non-hydrogen) atoms. The van der Waals surface area contributed by atoms with Crippen LogP contribution in [0.5, 0.6) is 11.6 Å². The zero-order valence-corrected chi connectivity index (χ0v) is 15.0. The molecular formula is C23H25NO. The summed E-state index contributed by atoms with van der Waals surface area (Å²) in [6.45, 7) is 4.58. The van der Waals surface area contributed by atoms with Crippen molar-refractivity contribution in [2.24, 2.45) is 0 Å². The lowest BCUT2D eigenvalue weighted by atomic mass is 9.86. The molecule has 2 heteroatoms. The predicted octanol–water partition coefficient (Wildman–Crippen LogP) is 6.81. The first-order valence-corrected chi connectivity index (χ1v) is 9.37. The Bertz CT molecular complexity index is 864. The average Bonchev–Trinajstić information content (AvgIpc) is 3.16. The summed E-state index contributed by atoms with van der Waals surface area (Å²) in [6, 6.07) is 16.7. The molecule has 0 unspecified atom stereocenters. The minimum atomic E-state index is 0.542. The van der Waals surface area contributed by atoms with Crippen molar-refractivity contribution in [3.8, 4) is 11.6 Å². The molecule has 0 radical (unpaired) electrons. The van der Waals surface area contributed by atoms with Gasteiger partial charge in [0.15, 0.2) is 0 Å². The van der Waals surface area contributed by atoms with Crippen molar-refractivity contribution in [3.63, 3.8) is 0 Å². The van der Waals surface area contributed by atoms with Crippen LogP contribution in [0, 0.1) is 0 Å². The number of nitrogens with zero attached hydrogens (tertiary/aromatic N) is 1. The van der Waals surface area contributed by atoms with E-state index >= 15 is 0 Å². The van der Waals surface area contributed by atoms with Crippen LogP contribution in [0.25, 0.3) is 10.8 Å². The number of hydrogen-bond acceptors (Lipinski definition) is 2. The number of hydrogen-bond donors (Lipinski definition) is 0. The summed E-state index contributed by atoms with van der Waals surface area (Å²) in [5.41, 5.74) is 3.02. The Kier molecular flexibility index (Phi) is 4.44. The quantitative estimate of drug-likeness (QED) is 0.524. The van der Waals surface area contributed by atoms with E-state index in [9.17, 15) is 0 Å². The fourth-order valence-corrected chi connectivity index (χ4v) is 3.96. The second-order valence-electron chi connectivity index (χ2n) is 7.40. The number of para-hydroxylation sites is 1. The fourth-order valence-electron chi connectivity index (χ4n) is 3.96.